The van der Waals surface area contributed by atoms with E-state index in [9.17, 15) is 14.7 Å². The molecular weight excluding hydrogens is 340 g/mol. The second-order valence-corrected chi connectivity index (χ2v) is 7.31. The van der Waals surface area contributed by atoms with Crippen molar-refractivity contribution in [1.29, 1.82) is 0 Å². The number of hydrogen-bond acceptors (Lipinski definition) is 3. The Morgan fingerprint density at radius 1 is 1.00 bits per heavy atom. The molecule has 1 aliphatic rings. The smallest absolute Gasteiger partial charge is 0.308 e. The Morgan fingerprint density at radius 3 is 1.96 bits per heavy atom. The van der Waals surface area contributed by atoms with Gasteiger partial charge < -0.3 is 10.4 Å². The van der Waals surface area contributed by atoms with Gasteiger partial charge in [0.15, 0.2) is 0 Å². The summed E-state index contributed by atoms with van der Waals surface area (Å²) in [6, 6.07) is 19.1. The van der Waals surface area contributed by atoms with E-state index >= 15 is 0 Å². The van der Waals surface area contributed by atoms with Crippen LogP contribution in [-0.2, 0) is 9.59 Å². The summed E-state index contributed by atoms with van der Waals surface area (Å²) >= 11 is 0. The van der Waals surface area contributed by atoms with Crippen LogP contribution in [0, 0.1) is 11.8 Å². The molecule has 1 amide bonds. The van der Waals surface area contributed by atoms with Crippen molar-refractivity contribution < 1.29 is 14.7 Å². The number of hydrogen-bond donors (Lipinski definition) is 2. The van der Waals surface area contributed by atoms with Crippen molar-refractivity contribution >= 4 is 11.9 Å². The second kappa shape index (κ2) is 8.35. The van der Waals surface area contributed by atoms with Gasteiger partial charge in [0.2, 0.25) is 5.91 Å². The number of benzene rings is 2. The number of carboxylic acid groups (broad SMARTS) is 1. The highest BCUT2D eigenvalue weighted by molar-refractivity contribution is 5.82. The summed E-state index contributed by atoms with van der Waals surface area (Å²) in [6.07, 6.45) is 0. The lowest BCUT2D eigenvalue weighted by atomic mass is 9.98. The standard InChI is InChI=1S/C22H26N2O3/c1-15-13-24(14-19(15)22(26)27)16(2)21(25)23-20(17-9-5-3-6-10-17)18-11-7-4-8-12-18/h3-12,15-16,19-20H,13-14H2,1-2H3,(H,23,25)(H,26,27)/t15-,16?,19-/m1/s1. The highest BCUT2D eigenvalue weighted by Crippen LogP contribution is 2.26. The van der Waals surface area contributed by atoms with Gasteiger partial charge in [0, 0.05) is 13.1 Å². The monoisotopic (exact) mass is 366 g/mol. The number of aliphatic carboxylic acids is 1. The van der Waals surface area contributed by atoms with Crippen molar-refractivity contribution in [2.75, 3.05) is 13.1 Å². The summed E-state index contributed by atoms with van der Waals surface area (Å²) in [5.74, 6) is -1.26. The van der Waals surface area contributed by atoms with Gasteiger partial charge >= 0.3 is 5.97 Å². The van der Waals surface area contributed by atoms with Crippen LogP contribution in [0.2, 0.25) is 0 Å². The number of rotatable bonds is 6. The van der Waals surface area contributed by atoms with Crippen molar-refractivity contribution in [3.05, 3.63) is 71.8 Å². The van der Waals surface area contributed by atoms with Crippen LogP contribution in [-0.4, -0.2) is 41.0 Å². The minimum Gasteiger partial charge on any atom is -0.481 e. The highest BCUT2D eigenvalue weighted by Gasteiger charge is 2.38. The van der Waals surface area contributed by atoms with Crippen LogP contribution in [0.25, 0.3) is 0 Å². The number of nitrogens with one attached hydrogen (secondary N) is 1. The van der Waals surface area contributed by atoms with Crippen molar-refractivity contribution in [2.24, 2.45) is 11.8 Å². The third kappa shape index (κ3) is 4.37. The molecule has 0 aliphatic carbocycles. The molecule has 0 saturated carbocycles. The first-order chi connectivity index (χ1) is 13.0. The van der Waals surface area contributed by atoms with E-state index in [0.29, 0.717) is 13.1 Å². The highest BCUT2D eigenvalue weighted by atomic mass is 16.4. The number of nitrogens with zero attached hydrogens (tertiary/aromatic N) is 1. The average molecular weight is 366 g/mol. The minimum atomic E-state index is -0.788. The van der Waals surface area contributed by atoms with Crippen LogP contribution in [0.5, 0.6) is 0 Å². The minimum absolute atomic E-state index is 0.0387. The summed E-state index contributed by atoms with van der Waals surface area (Å²) in [5.41, 5.74) is 2.03. The fourth-order valence-corrected chi connectivity index (χ4v) is 3.72. The first kappa shape index (κ1) is 19.1. The first-order valence-corrected chi connectivity index (χ1v) is 9.34. The molecule has 5 heteroatoms. The third-order valence-electron chi connectivity index (χ3n) is 5.44. The predicted molar refractivity (Wildman–Crippen MR) is 104 cm³/mol. The molecule has 0 radical (unpaired) electrons. The molecular formula is C22H26N2O3. The zero-order valence-corrected chi connectivity index (χ0v) is 15.7. The molecule has 0 bridgehead atoms. The van der Waals surface area contributed by atoms with Crippen molar-refractivity contribution in [3.63, 3.8) is 0 Å². The average Bonchev–Trinajstić information content (AvgIpc) is 3.08. The Balaban J connectivity index is 1.76. The van der Waals surface area contributed by atoms with Crippen molar-refractivity contribution in [3.8, 4) is 0 Å². The molecule has 1 saturated heterocycles. The van der Waals surface area contributed by atoms with E-state index in [2.05, 4.69) is 5.32 Å². The van der Waals surface area contributed by atoms with Gasteiger partial charge in [-0.15, -0.1) is 0 Å². The number of carbonyl (C=O) groups excluding carboxylic acids is 1. The molecule has 2 N–H and O–H groups in total. The lowest BCUT2D eigenvalue weighted by Crippen LogP contribution is -2.45. The molecule has 0 aromatic heterocycles. The fraction of sp³-hybridized carbons (Fsp3) is 0.364. The second-order valence-electron chi connectivity index (χ2n) is 7.31. The lowest BCUT2D eigenvalue weighted by molar-refractivity contribution is -0.142. The third-order valence-corrected chi connectivity index (χ3v) is 5.44. The Morgan fingerprint density at radius 2 is 1.52 bits per heavy atom. The van der Waals surface area contributed by atoms with Crippen LogP contribution >= 0.6 is 0 Å². The van der Waals surface area contributed by atoms with Gasteiger partial charge in [-0.2, -0.15) is 0 Å². The van der Waals surface area contributed by atoms with Crippen LogP contribution in [0.4, 0.5) is 0 Å². The zero-order valence-electron chi connectivity index (χ0n) is 15.7. The zero-order chi connectivity index (χ0) is 19.4. The molecule has 3 rings (SSSR count). The molecule has 1 heterocycles. The molecule has 1 aliphatic heterocycles. The number of carbonyl (C=O) groups is 2. The molecule has 2 aromatic rings. The number of carboxylic acids is 1. The first-order valence-electron chi connectivity index (χ1n) is 9.34. The molecule has 1 unspecified atom stereocenters. The maximum absolute atomic E-state index is 13.0. The van der Waals surface area contributed by atoms with E-state index in [4.69, 9.17) is 0 Å². The largest absolute Gasteiger partial charge is 0.481 e. The van der Waals surface area contributed by atoms with Gasteiger partial charge in [0.1, 0.15) is 0 Å². The maximum Gasteiger partial charge on any atom is 0.308 e. The topological polar surface area (TPSA) is 69.6 Å². The molecule has 2 aromatic carbocycles. The molecule has 142 valence electrons. The Bertz CT molecular complexity index is 739. The Labute approximate surface area is 160 Å². The molecule has 5 nitrogen and oxygen atoms in total. The van der Waals surface area contributed by atoms with Crippen LogP contribution in [0.3, 0.4) is 0 Å². The number of amides is 1. The normalized spacial score (nSPS) is 21.1. The van der Waals surface area contributed by atoms with Gasteiger partial charge in [-0.05, 0) is 24.0 Å². The maximum atomic E-state index is 13.0. The summed E-state index contributed by atoms with van der Waals surface area (Å²) in [7, 11) is 0. The van der Waals surface area contributed by atoms with Crippen LogP contribution in [0.15, 0.2) is 60.7 Å². The van der Waals surface area contributed by atoms with Gasteiger partial charge in [-0.1, -0.05) is 67.6 Å². The lowest BCUT2D eigenvalue weighted by Gasteiger charge is -2.27. The molecule has 0 spiro atoms. The number of likely N-dealkylation sites (tertiary alicyclic amines) is 1. The van der Waals surface area contributed by atoms with E-state index in [1.807, 2.05) is 79.4 Å². The predicted octanol–water partition coefficient (Wildman–Crippen LogP) is 2.93. The van der Waals surface area contributed by atoms with Gasteiger partial charge in [0.05, 0.1) is 18.0 Å². The van der Waals surface area contributed by atoms with Gasteiger partial charge in [-0.25, -0.2) is 0 Å². The van der Waals surface area contributed by atoms with E-state index in [1.54, 1.807) is 0 Å². The molecule has 3 atom stereocenters. The summed E-state index contributed by atoms with van der Waals surface area (Å²) in [4.78, 5) is 26.3. The van der Waals surface area contributed by atoms with E-state index in [1.165, 1.54) is 0 Å². The SMILES string of the molecule is CC(C(=O)NC(c1ccccc1)c1ccccc1)N1C[C@@H](C)[C@H](C(=O)O)C1. The van der Waals surface area contributed by atoms with Crippen LogP contribution in [0.1, 0.15) is 31.0 Å². The quantitative estimate of drug-likeness (QED) is 0.825. The molecule has 27 heavy (non-hydrogen) atoms. The van der Waals surface area contributed by atoms with Gasteiger partial charge in [-0.3, -0.25) is 14.5 Å². The van der Waals surface area contributed by atoms with E-state index in [0.717, 1.165) is 11.1 Å². The summed E-state index contributed by atoms with van der Waals surface area (Å²) < 4.78 is 0. The van der Waals surface area contributed by atoms with Crippen molar-refractivity contribution in [2.45, 2.75) is 25.9 Å². The fourth-order valence-electron chi connectivity index (χ4n) is 3.72. The molecule has 1 fully saturated rings. The van der Waals surface area contributed by atoms with Crippen molar-refractivity contribution in [1.82, 2.24) is 10.2 Å². The Hall–Kier alpha value is -2.66. The summed E-state index contributed by atoms with van der Waals surface area (Å²) in [6.45, 7) is 4.80. The summed E-state index contributed by atoms with van der Waals surface area (Å²) in [5, 5.41) is 12.5. The van der Waals surface area contributed by atoms with Gasteiger partial charge in [0.25, 0.3) is 0 Å². The van der Waals surface area contributed by atoms with Crippen LogP contribution < -0.4 is 5.32 Å². The Kier molecular flexibility index (Phi) is 5.91. The van der Waals surface area contributed by atoms with E-state index in [-0.39, 0.29) is 23.9 Å². The van der Waals surface area contributed by atoms with E-state index < -0.39 is 11.9 Å².